The number of amides is 1. The number of rotatable bonds is 17. The number of carbonyl (C=O) groups excluding carboxylic acids is 3. The van der Waals surface area contributed by atoms with Crippen molar-refractivity contribution in [1.82, 2.24) is 10.3 Å². The van der Waals surface area contributed by atoms with Gasteiger partial charge in [0.25, 0.3) is 5.91 Å². The zero-order valence-corrected chi connectivity index (χ0v) is 24.0. The lowest BCUT2D eigenvalue weighted by Crippen LogP contribution is -2.47. The number of ether oxygens (including phenoxy) is 6. The number of esters is 2. The van der Waals surface area contributed by atoms with Gasteiger partial charge in [-0.05, 0) is 38.8 Å². The predicted octanol–water partition coefficient (Wildman–Crippen LogP) is 3.73. The molecule has 11 heteroatoms. The van der Waals surface area contributed by atoms with Crippen LogP contribution in [0.4, 0.5) is 0 Å². The number of hydrogen-bond donors (Lipinski definition) is 1. The fourth-order valence-electron chi connectivity index (χ4n) is 3.72. The maximum atomic E-state index is 13.1. The summed E-state index contributed by atoms with van der Waals surface area (Å²) >= 11 is 0. The summed E-state index contributed by atoms with van der Waals surface area (Å²) in [6, 6.07) is 9.61. The molecule has 0 saturated heterocycles. The maximum Gasteiger partial charge on any atom is 0.328 e. The first-order chi connectivity index (χ1) is 19.2. The highest BCUT2D eigenvalue weighted by atomic mass is 16.6. The summed E-state index contributed by atoms with van der Waals surface area (Å²) in [7, 11) is 2.82. The molecule has 0 aliphatic carbocycles. The molecule has 1 aromatic carbocycles. The molecule has 40 heavy (non-hydrogen) atoms. The SMILES string of the molecule is CCCO[C@@H](CC)[C@@H](Oc1ccccc1)[C@H](C)OC(=O)[C@H](C)NC(=O)c1nccc(OC)c1OC(=O)CCOC. The lowest BCUT2D eigenvalue weighted by atomic mass is 10.1. The van der Waals surface area contributed by atoms with Gasteiger partial charge < -0.3 is 33.7 Å². The van der Waals surface area contributed by atoms with E-state index in [-0.39, 0.29) is 36.3 Å². The Morgan fingerprint density at radius 1 is 1.00 bits per heavy atom. The number of carbonyl (C=O) groups is 3. The molecule has 0 radical (unpaired) electrons. The third-order valence-corrected chi connectivity index (χ3v) is 5.82. The van der Waals surface area contributed by atoms with Gasteiger partial charge >= 0.3 is 11.9 Å². The van der Waals surface area contributed by atoms with Crippen LogP contribution < -0.4 is 19.5 Å². The number of hydrogen-bond acceptors (Lipinski definition) is 10. The van der Waals surface area contributed by atoms with Gasteiger partial charge in [0, 0.05) is 26.0 Å². The van der Waals surface area contributed by atoms with Gasteiger partial charge in [-0.25, -0.2) is 9.78 Å². The molecule has 0 aliphatic heterocycles. The molecular weight excluding hydrogens is 520 g/mol. The first-order valence-corrected chi connectivity index (χ1v) is 13.3. The summed E-state index contributed by atoms with van der Waals surface area (Å²) in [4.78, 5) is 42.3. The van der Waals surface area contributed by atoms with E-state index in [2.05, 4.69) is 10.3 Å². The van der Waals surface area contributed by atoms with Crippen molar-refractivity contribution in [3.63, 3.8) is 0 Å². The van der Waals surface area contributed by atoms with Crippen LogP contribution in [0.3, 0.4) is 0 Å². The van der Waals surface area contributed by atoms with Crippen LogP contribution in [-0.2, 0) is 23.8 Å². The molecular formula is C29H40N2O9. The summed E-state index contributed by atoms with van der Waals surface area (Å²) in [5.41, 5.74) is -0.220. The lowest BCUT2D eigenvalue weighted by Gasteiger charge is -2.32. The summed E-state index contributed by atoms with van der Waals surface area (Å²) < 4.78 is 33.4. The number of benzene rings is 1. The van der Waals surface area contributed by atoms with Crippen LogP contribution in [0, 0.1) is 0 Å². The van der Waals surface area contributed by atoms with Crippen molar-refractivity contribution in [1.29, 1.82) is 0 Å². The maximum absolute atomic E-state index is 13.1. The number of methoxy groups -OCH3 is 2. The molecule has 0 bridgehead atoms. The largest absolute Gasteiger partial charge is 0.493 e. The summed E-state index contributed by atoms with van der Waals surface area (Å²) in [5, 5.41) is 2.56. The third-order valence-electron chi connectivity index (χ3n) is 5.82. The molecule has 1 amide bonds. The second kappa shape index (κ2) is 17.1. The van der Waals surface area contributed by atoms with Gasteiger partial charge in [-0.15, -0.1) is 0 Å². The zero-order valence-electron chi connectivity index (χ0n) is 24.0. The van der Waals surface area contributed by atoms with Crippen molar-refractivity contribution in [2.45, 2.75) is 71.3 Å². The molecule has 2 aromatic rings. The first-order valence-electron chi connectivity index (χ1n) is 13.3. The number of para-hydroxylation sites is 1. The van der Waals surface area contributed by atoms with Crippen LogP contribution in [-0.4, -0.2) is 74.6 Å². The average Bonchev–Trinajstić information content (AvgIpc) is 2.96. The van der Waals surface area contributed by atoms with Gasteiger partial charge in [-0.2, -0.15) is 0 Å². The van der Waals surface area contributed by atoms with Crippen molar-refractivity contribution in [3.05, 3.63) is 48.3 Å². The number of aromatic nitrogens is 1. The highest BCUT2D eigenvalue weighted by Crippen LogP contribution is 2.30. The first kappa shape index (κ1) is 32.5. The summed E-state index contributed by atoms with van der Waals surface area (Å²) in [5.74, 6) is -1.48. The van der Waals surface area contributed by atoms with Gasteiger partial charge in [0.2, 0.25) is 5.75 Å². The van der Waals surface area contributed by atoms with E-state index in [1.54, 1.807) is 6.92 Å². The van der Waals surface area contributed by atoms with E-state index in [0.29, 0.717) is 18.8 Å². The van der Waals surface area contributed by atoms with E-state index < -0.39 is 36.1 Å². The molecule has 220 valence electrons. The number of pyridine rings is 1. The lowest BCUT2D eigenvalue weighted by molar-refractivity contribution is -0.160. The monoisotopic (exact) mass is 560 g/mol. The van der Waals surface area contributed by atoms with E-state index in [4.69, 9.17) is 28.4 Å². The third kappa shape index (κ3) is 9.80. The van der Waals surface area contributed by atoms with Crippen LogP contribution in [0.1, 0.15) is 57.4 Å². The van der Waals surface area contributed by atoms with Crippen LogP contribution in [0.2, 0.25) is 0 Å². The Hall–Kier alpha value is -3.70. The smallest absolute Gasteiger partial charge is 0.328 e. The highest BCUT2D eigenvalue weighted by Gasteiger charge is 2.33. The minimum absolute atomic E-state index is 0.0385. The summed E-state index contributed by atoms with van der Waals surface area (Å²) in [6.45, 7) is 7.86. The van der Waals surface area contributed by atoms with Crippen LogP contribution in [0.15, 0.2) is 42.6 Å². The molecule has 1 heterocycles. The zero-order chi connectivity index (χ0) is 29.5. The van der Waals surface area contributed by atoms with Gasteiger partial charge in [-0.3, -0.25) is 9.59 Å². The van der Waals surface area contributed by atoms with Gasteiger partial charge in [0.15, 0.2) is 17.5 Å². The standard InChI is InChI=1S/C29H40N2O9/c1-7-17-37-22(8-2)26(39-21-12-10-9-11-13-21)20(4)38-29(34)19(3)31-28(33)25-27(23(36-6)14-16-30-25)40-24(32)15-18-35-5/h9-14,16,19-20,22,26H,7-8,15,17-18H2,1-6H3,(H,31,33)/t19-,20-,22-,26-/m0/s1. The Morgan fingerprint density at radius 2 is 1.73 bits per heavy atom. The van der Waals surface area contributed by atoms with E-state index in [1.807, 2.05) is 44.2 Å². The van der Waals surface area contributed by atoms with Crippen molar-refractivity contribution < 1.29 is 42.8 Å². The van der Waals surface area contributed by atoms with Crippen molar-refractivity contribution in [2.24, 2.45) is 0 Å². The van der Waals surface area contributed by atoms with Gasteiger partial charge in [-0.1, -0.05) is 32.0 Å². The predicted molar refractivity (Wildman–Crippen MR) is 147 cm³/mol. The average molecular weight is 561 g/mol. The van der Waals surface area contributed by atoms with E-state index in [0.717, 1.165) is 6.42 Å². The fourth-order valence-corrected chi connectivity index (χ4v) is 3.72. The molecule has 2 rings (SSSR count). The van der Waals surface area contributed by atoms with Crippen LogP contribution in [0.5, 0.6) is 17.2 Å². The van der Waals surface area contributed by atoms with Crippen LogP contribution >= 0.6 is 0 Å². The normalized spacial score (nSPS) is 13.8. The topological polar surface area (TPSA) is 132 Å². The molecule has 1 aromatic heterocycles. The Morgan fingerprint density at radius 3 is 2.35 bits per heavy atom. The molecule has 11 nitrogen and oxygen atoms in total. The Labute approximate surface area is 235 Å². The van der Waals surface area contributed by atoms with E-state index >= 15 is 0 Å². The van der Waals surface area contributed by atoms with Gasteiger partial charge in [0.05, 0.1) is 26.2 Å². The molecule has 0 saturated carbocycles. The van der Waals surface area contributed by atoms with Crippen molar-refractivity contribution >= 4 is 17.8 Å². The molecule has 4 atom stereocenters. The molecule has 1 N–H and O–H groups in total. The highest BCUT2D eigenvalue weighted by molar-refractivity contribution is 5.98. The molecule has 0 unspecified atom stereocenters. The molecule has 0 aliphatic rings. The number of nitrogens with zero attached hydrogens (tertiary/aromatic N) is 1. The minimum atomic E-state index is -1.06. The minimum Gasteiger partial charge on any atom is -0.493 e. The Kier molecular flexibility index (Phi) is 13.9. The van der Waals surface area contributed by atoms with Crippen molar-refractivity contribution in [2.75, 3.05) is 27.4 Å². The van der Waals surface area contributed by atoms with E-state index in [9.17, 15) is 14.4 Å². The van der Waals surface area contributed by atoms with Crippen LogP contribution in [0.25, 0.3) is 0 Å². The van der Waals surface area contributed by atoms with Crippen molar-refractivity contribution in [3.8, 4) is 17.2 Å². The summed E-state index contributed by atoms with van der Waals surface area (Å²) in [6.07, 6.45) is 1.13. The van der Waals surface area contributed by atoms with Gasteiger partial charge in [0.1, 0.15) is 17.9 Å². The second-order valence-electron chi connectivity index (χ2n) is 8.96. The quantitative estimate of drug-likeness (QED) is 0.286. The van der Waals surface area contributed by atoms with E-state index in [1.165, 1.54) is 33.4 Å². The fraction of sp³-hybridized carbons (Fsp3) is 0.517. The number of nitrogens with one attached hydrogen (secondary N) is 1. The Bertz CT molecular complexity index is 1080. The Balaban J connectivity index is 2.15. The molecule has 0 fully saturated rings. The second-order valence-corrected chi connectivity index (χ2v) is 8.96. The molecule has 0 spiro atoms.